The Bertz CT molecular complexity index is 617. The molecule has 1 aromatic carbocycles. The third kappa shape index (κ3) is 2.73. The maximum absolute atomic E-state index is 12.8. The van der Waals surface area contributed by atoms with Gasteiger partial charge in [-0.15, -0.1) is 0 Å². The Labute approximate surface area is 125 Å². The topological polar surface area (TPSA) is 67.9 Å². The van der Waals surface area contributed by atoms with Crippen LogP contribution in [0.25, 0.3) is 0 Å². The van der Waals surface area contributed by atoms with E-state index in [1.807, 2.05) is 7.05 Å². The van der Waals surface area contributed by atoms with Crippen molar-refractivity contribution < 1.29 is 17.9 Å². The summed E-state index contributed by atoms with van der Waals surface area (Å²) in [6.45, 7) is 2.19. The Morgan fingerprint density at radius 3 is 2.81 bits per heavy atom. The van der Waals surface area contributed by atoms with Gasteiger partial charge in [0.1, 0.15) is 13.2 Å². The molecule has 1 unspecified atom stereocenters. The summed E-state index contributed by atoms with van der Waals surface area (Å²) in [4.78, 5) is 0.273. The van der Waals surface area contributed by atoms with Crippen LogP contribution < -0.4 is 14.8 Å². The first-order chi connectivity index (χ1) is 10.1. The Balaban J connectivity index is 1.91. The van der Waals surface area contributed by atoms with Gasteiger partial charge in [0.15, 0.2) is 11.5 Å². The van der Waals surface area contributed by atoms with Gasteiger partial charge >= 0.3 is 0 Å². The minimum Gasteiger partial charge on any atom is -0.486 e. The molecule has 1 fully saturated rings. The number of benzene rings is 1. The Morgan fingerprint density at radius 2 is 2.05 bits per heavy atom. The molecule has 0 bridgehead atoms. The number of nitrogens with zero attached hydrogens (tertiary/aromatic N) is 1. The molecule has 0 radical (unpaired) electrons. The van der Waals surface area contributed by atoms with Crippen molar-refractivity contribution in [1.29, 1.82) is 0 Å². The number of ether oxygens (including phenoxy) is 2. The van der Waals surface area contributed by atoms with Gasteiger partial charge in [0.2, 0.25) is 10.0 Å². The van der Waals surface area contributed by atoms with Crippen molar-refractivity contribution in [2.75, 3.05) is 33.4 Å². The first-order valence-electron chi connectivity index (χ1n) is 7.19. The van der Waals surface area contributed by atoms with Crippen LogP contribution in [0.15, 0.2) is 23.1 Å². The molecule has 2 heterocycles. The van der Waals surface area contributed by atoms with E-state index in [1.165, 1.54) is 0 Å². The lowest BCUT2D eigenvalue weighted by molar-refractivity contribution is 0.171. The summed E-state index contributed by atoms with van der Waals surface area (Å²) in [7, 11) is -1.65. The standard InChI is InChI=1S/C14H20N2O4S/c1-15-10-11-3-2-6-16(11)21(17,18)12-4-5-13-14(9-12)20-8-7-19-13/h4-5,9,11,15H,2-3,6-8,10H2,1H3. The van der Waals surface area contributed by atoms with Gasteiger partial charge in [-0.2, -0.15) is 4.31 Å². The number of nitrogens with one attached hydrogen (secondary N) is 1. The smallest absolute Gasteiger partial charge is 0.243 e. The SMILES string of the molecule is CNCC1CCCN1S(=O)(=O)c1ccc2c(c1)OCCO2. The molecule has 2 aliphatic heterocycles. The Kier molecular flexibility index (Phi) is 4.05. The molecule has 2 aliphatic rings. The number of rotatable bonds is 4. The zero-order valence-corrected chi connectivity index (χ0v) is 12.9. The lowest BCUT2D eigenvalue weighted by Gasteiger charge is -2.25. The maximum atomic E-state index is 12.8. The van der Waals surface area contributed by atoms with E-state index in [2.05, 4.69) is 5.32 Å². The summed E-state index contributed by atoms with van der Waals surface area (Å²) in [6, 6.07) is 4.86. The van der Waals surface area contributed by atoms with Crippen LogP contribution >= 0.6 is 0 Å². The normalized spacial score (nSPS) is 22.4. The zero-order chi connectivity index (χ0) is 14.9. The van der Waals surface area contributed by atoms with E-state index >= 15 is 0 Å². The number of hydrogen-bond acceptors (Lipinski definition) is 5. The fourth-order valence-electron chi connectivity index (χ4n) is 2.88. The average Bonchev–Trinajstić information content (AvgIpc) is 2.96. The van der Waals surface area contributed by atoms with E-state index < -0.39 is 10.0 Å². The molecule has 3 rings (SSSR count). The number of likely N-dealkylation sites (N-methyl/N-ethyl adjacent to an activating group) is 1. The van der Waals surface area contributed by atoms with Crippen molar-refractivity contribution in [2.45, 2.75) is 23.8 Å². The molecule has 0 aromatic heterocycles. The van der Waals surface area contributed by atoms with Gasteiger partial charge in [0, 0.05) is 25.2 Å². The predicted octanol–water partition coefficient (Wildman–Crippen LogP) is 0.830. The minimum absolute atomic E-state index is 0.0215. The molecule has 116 valence electrons. The zero-order valence-electron chi connectivity index (χ0n) is 12.0. The van der Waals surface area contributed by atoms with Crippen molar-refractivity contribution in [3.63, 3.8) is 0 Å². The predicted molar refractivity (Wildman–Crippen MR) is 78.3 cm³/mol. The van der Waals surface area contributed by atoms with Crippen LogP contribution in [0.1, 0.15) is 12.8 Å². The van der Waals surface area contributed by atoms with Gasteiger partial charge < -0.3 is 14.8 Å². The first-order valence-corrected chi connectivity index (χ1v) is 8.63. The Morgan fingerprint density at radius 1 is 1.29 bits per heavy atom. The van der Waals surface area contributed by atoms with E-state index in [0.29, 0.717) is 37.8 Å². The van der Waals surface area contributed by atoms with Crippen LogP contribution in [0.5, 0.6) is 11.5 Å². The van der Waals surface area contributed by atoms with Crippen LogP contribution in [-0.4, -0.2) is 52.1 Å². The van der Waals surface area contributed by atoms with E-state index in [1.54, 1.807) is 22.5 Å². The van der Waals surface area contributed by atoms with Gasteiger partial charge in [-0.05, 0) is 32.0 Å². The highest BCUT2D eigenvalue weighted by Gasteiger charge is 2.35. The first kappa shape index (κ1) is 14.6. The molecule has 21 heavy (non-hydrogen) atoms. The molecule has 7 heteroatoms. The number of fused-ring (bicyclic) bond motifs is 1. The highest BCUT2D eigenvalue weighted by molar-refractivity contribution is 7.89. The molecule has 1 atom stereocenters. The van der Waals surface area contributed by atoms with Crippen LogP contribution in [0, 0.1) is 0 Å². The molecule has 1 saturated heterocycles. The highest BCUT2D eigenvalue weighted by atomic mass is 32.2. The molecular weight excluding hydrogens is 292 g/mol. The van der Waals surface area contributed by atoms with Crippen LogP contribution in [0.4, 0.5) is 0 Å². The summed E-state index contributed by atoms with van der Waals surface area (Å²) in [5.41, 5.74) is 0. The van der Waals surface area contributed by atoms with Crippen molar-refractivity contribution in [2.24, 2.45) is 0 Å². The molecule has 1 N–H and O–H groups in total. The van der Waals surface area contributed by atoms with Gasteiger partial charge in [0.25, 0.3) is 0 Å². The van der Waals surface area contributed by atoms with E-state index in [0.717, 1.165) is 12.8 Å². The molecule has 0 saturated carbocycles. The summed E-state index contributed by atoms with van der Waals surface area (Å²) < 4.78 is 38.1. The molecule has 0 aliphatic carbocycles. The third-order valence-electron chi connectivity index (χ3n) is 3.88. The summed E-state index contributed by atoms with van der Waals surface area (Å²) in [5, 5.41) is 3.06. The van der Waals surface area contributed by atoms with Crippen molar-refractivity contribution >= 4 is 10.0 Å². The fourth-order valence-corrected chi connectivity index (χ4v) is 4.59. The molecular formula is C14H20N2O4S. The van der Waals surface area contributed by atoms with E-state index in [-0.39, 0.29) is 10.9 Å². The second-order valence-electron chi connectivity index (χ2n) is 5.27. The van der Waals surface area contributed by atoms with Gasteiger partial charge in [-0.1, -0.05) is 0 Å². The number of sulfonamides is 1. The summed E-state index contributed by atoms with van der Waals surface area (Å²) in [5.74, 6) is 1.11. The lowest BCUT2D eigenvalue weighted by atomic mass is 10.2. The highest BCUT2D eigenvalue weighted by Crippen LogP contribution is 2.34. The number of hydrogen-bond donors (Lipinski definition) is 1. The van der Waals surface area contributed by atoms with Gasteiger partial charge in [-0.3, -0.25) is 0 Å². The van der Waals surface area contributed by atoms with Crippen molar-refractivity contribution in [3.05, 3.63) is 18.2 Å². The van der Waals surface area contributed by atoms with Crippen LogP contribution in [0.3, 0.4) is 0 Å². The monoisotopic (exact) mass is 312 g/mol. The van der Waals surface area contributed by atoms with E-state index in [4.69, 9.17) is 9.47 Å². The van der Waals surface area contributed by atoms with Crippen molar-refractivity contribution in [3.8, 4) is 11.5 Å². The average molecular weight is 312 g/mol. The summed E-state index contributed by atoms with van der Waals surface area (Å²) in [6.07, 6.45) is 1.79. The second kappa shape index (κ2) is 5.82. The molecule has 6 nitrogen and oxygen atoms in total. The quantitative estimate of drug-likeness (QED) is 0.892. The largest absolute Gasteiger partial charge is 0.486 e. The van der Waals surface area contributed by atoms with Gasteiger partial charge in [0.05, 0.1) is 4.90 Å². The third-order valence-corrected chi connectivity index (χ3v) is 5.83. The van der Waals surface area contributed by atoms with Gasteiger partial charge in [-0.25, -0.2) is 8.42 Å². The minimum atomic E-state index is -3.49. The van der Waals surface area contributed by atoms with E-state index in [9.17, 15) is 8.42 Å². The maximum Gasteiger partial charge on any atom is 0.243 e. The fraction of sp³-hybridized carbons (Fsp3) is 0.571. The second-order valence-corrected chi connectivity index (χ2v) is 7.17. The molecule has 0 spiro atoms. The lowest BCUT2D eigenvalue weighted by Crippen LogP contribution is -2.40. The molecule has 0 amide bonds. The Hall–Kier alpha value is -1.31. The van der Waals surface area contributed by atoms with Crippen LogP contribution in [-0.2, 0) is 10.0 Å². The van der Waals surface area contributed by atoms with Crippen molar-refractivity contribution in [1.82, 2.24) is 9.62 Å². The summed E-state index contributed by atoms with van der Waals surface area (Å²) >= 11 is 0. The van der Waals surface area contributed by atoms with Crippen LogP contribution in [0.2, 0.25) is 0 Å². The molecule has 1 aromatic rings.